The van der Waals surface area contributed by atoms with Crippen molar-refractivity contribution in [3.63, 3.8) is 0 Å². The van der Waals surface area contributed by atoms with E-state index in [0.717, 1.165) is 31.1 Å². The van der Waals surface area contributed by atoms with E-state index in [0.29, 0.717) is 17.8 Å². The van der Waals surface area contributed by atoms with Crippen molar-refractivity contribution in [2.75, 3.05) is 6.61 Å². The lowest BCUT2D eigenvalue weighted by Gasteiger charge is -2.50. The van der Waals surface area contributed by atoms with Gasteiger partial charge in [-0.25, -0.2) is 0 Å². The fraction of sp³-hybridized carbons (Fsp3) is 0.586. The second-order valence-electron chi connectivity index (χ2n) is 11.1. The number of rotatable bonds is 3. The maximum atomic E-state index is 10.6. The van der Waals surface area contributed by atoms with Crippen LogP contribution in [0.3, 0.4) is 0 Å². The molecule has 6 rings (SSSR count). The fourth-order valence-electron chi connectivity index (χ4n) is 7.75. The van der Waals surface area contributed by atoms with E-state index in [9.17, 15) is 5.11 Å². The highest BCUT2D eigenvalue weighted by atomic mass is 16.5. The Bertz CT molecular complexity index is 965. The third-order valence-electron chi connectivity index (χ3n) is 9.58. The monoisotopic (exact) mass is 416 g/mol. The lowest BCUT2D eigenvalue weighted by molar-refractivity contribution is -0.0226. The Kier molecular flexibility index (Phi) is 4.90. The van der Waals surface area contributed by atoms with E-state index in [-0.39, 0.29) is 11.5 Å². The van der Waals surface area contributed by atoms with Gasteiger partial charge in [0.15, 0.2) is 0 Å². The van der Waals surface area contributed by atoms with Crippen molar-refractivity contribution in [3.05, 3.63) is 64.7 Å². The maximum Gasteiger partial charge on any atom is 0.119 e. The van der Waals surface area contributed by atoms with Gasteiger partial charge in [0.05, 0.1) is 12.7 Å². The van der Waals surface area contributed by atoms with Crippen LogP contribution in [0.4, 0.5) is 0 Å². The molecule has 0 aromatic heterocycles. The zero-order valence-corrected chi connectivity index (χ0v) is 18.9. The van der Waals surface area contributed by atoms with Gasteiger partial charge in [0.2, 0.25) is 0 Å². The van der Waals surface area contributed by atoms with Gasteiger partial charge >= 0.3 is 0 Å². The summed E-state index contributed by atoms with van der Waals surface area (Å²) >= 11 is 0. The quantitative estimate of drug-likeness (QED) is 0.656. The Labute approximate surface area is 187 Å². The van der Waals surface area contributed by atoms with Crippen LogP contribution in [0.2, 0.25) is 0 Å². The highest BCUT2D eigenvalue weighted by Gasteiger charge is 2.54. The number of ether oxygens (including phenoxy) is 1. The van der Waals surface area contributed by atoms with E-state index in [4.69, 9.17) is 4.74 Å². The Morgan fingerprint density at radius 2 is 1.77 bits per heavy atom. The Balaban J connectivity index is 1.14. The summed E-state index contributed by atoms with van der Waals surface area (Å²) in [5.41, 5.74) is 6.31. The van der Waals surface area contributed by atoms with Crippen LogP contribution in [0.5, 0.6) is 5.75 Å². The molecule has 4 aliphatic rings. The number of aliphatic hydroxyl groups is 1. The molecule has 0 amide bonds. The third-order valence-corrected chi connectivity index (χ3v) is 9.58. The van der Waals surface area contributed by atoms with Crippen molar-refractivity contribution in [2.24, 2.45) is 23.2 Å². The lowest BCUT2D eigenvalue weighted by Crippen LogP contribution is -2.43. The zero-order chi connectivity index (χ0) is 21.0. The first-order valence-electron chi connectivity index (χ1n) is 12.6. The van der Waals surface area contributed by atoms with Crippen molar-refractivity contribution in [2.45, 2.75) is 76.7 Å². The van der Waals surface area contributed by atoms with E-state index in [1.165, 1.54) is 61.6 Å². The van der Waals surface area contributed by atoms with E-state index >= 15 is 0 Å². The molecule has 6 atom stereocenters. The van der Waals surface area contributed by atoms with Gasteiger partial charge in [-0.1, -0.05) is 37.3 Å². The molecule has 2 aromatic rings. The van der Waals surface area contributed by atoms with Crippen LogP contribution in [-0.2, 0) is 19.3 Å². The molecular formula is C29H36O2. The van der Waals surface area contributed by atoms with Crippen LogP contribution in [0.1, 0.15) is 73.6 Å². The summed E-state index contributed by atoms with van der Waals surface area (Å²) in [6, 6.07) is 15.9. The van der Waals surface area contributed by atoms with Gasteiger partial charge in [-0.15, -0.1) is 0 Å². The largest absolute Gasteiger partial charge is 0.493 e. The van der Waals surface area contributed by atoms with E-state index < -0.39 is 0 Å². The highest BCUT2D eigenvalue weighted by Crippen LogP contribution is 2.60. The topological polar surface area (TPSA) is 29.5 Å². The average Bonchev–Trinajstić information content (AvgIpc) is 3.11. The molecule has 2 saturated carbocycles. The van der Waals surface area contributed by atoms with Crippen LogP contribution < -0.4 is 4.74 Å². The molecular weight excluding hydrogens is 380 g/mol. The van der Waals surface area contributed by atoms with Crippen LogP contribution in [0.15, 0.2) is 42.5 Å². The predicted molar refractivity (Wildman–Crippen MR) is 125 cm³/mol. The molecule has 31 heavy (non-hydrogen) atoms. The number of benzene rings is 2. The van der Waals surface area contributed by atoms with Crippen molar-refractivity contribution in [1.82, 2.24) is 0 Å². The zero-order valence-electron chi connectivity index (χ0n) is 18.9. The second-order valence-corrected chi connectivity index (χ2v) is 11.1. The normalized spacial score (nSPS) is 36.1. The fourth-order valence-corrected chi connectivity index (χ4v) is 7.75. The molecule has 4 aliphatic carbocycles. The SMILES string of the molecule is C[C@]12CC[C@@H]3c4ccc(OCC5CCc6ccccc6C5)cc4CC[C@H]3[C@@H]1CC[C@@H]2O. The second kappa shape index (κ2) is 7.66. The van der Waals surface area contributed by atoms with Crippen molar-refractivity contribution in [1.29, 1.82) is 0 Å². The Hall–Kier alpha value is -1.80. The first-order valence-corrected chi connectivity index (χ1v) is 12.6. The summed E-state index contributed by atoms with van der Waals surface area (Å²) in [6.07, 6.45) is 10.6. The molecule has 0 aliphatic heterocycles. The summed E-state index contributed by atoms with van der Waals surface area (Å²) in [4.78, 5) is 0. The number of aryl methyl sites for hydroxylation is 2. The van der Waals surface area contributed by atoms with Gasteiger partial charge in [-0.3, -0.25) is 0 Å². The molecule has 2 nitrogen and oxygen atoms in total. The smallest absolute Gasteiger partial charge is 0.119 e. The average molecular weight is 417 g/mol. The van der Waals surface area contributed by atoms with E-state index in [2.05, 4.69) is 49.4 Å². The number of hydrogen-bond acceptors (Lipinski definition) is 2. The predicted octanol–water partition coefficient (Wildman–Crippen LogP) is 6.09. The first kappa shape index (κ1) is 19.9. The minimum atomic E-state index is -0.0811. The molecule has 2 heteroatoms. The Morgan fingerprint density at radius 3 is 2.68 bits per heavy atom. The molecule has 0 spiro atoms. The van der Waals surface area contributed by atoms with Crippen LogP contribution >= 0.6 is 0 Å². The molecule has 1 N–H and O–H groups in total. The van der Waals surface area contributed by atoms with Gasteiger partial charge in [-0.2, -0.15) is 0 Å². The van der Waals surface area contributed by atoms with Crippen LogP contribution in [-0.4, -0.2) is 17.8 Å². The highest BCUT2D eigenvalue weighted by molar-refractivity contribution is 5.41. The van der Waals surface area contributed by atoms with Crippen molar-refractivity contribution < 1.29 is 9.84 Å². The Morgan fingerprint density at radius 1 is 0.935 bits per heavy atom. The van der Waals surface area contributed by atoms with Crippen LogP contribution in [0.25, 0.3) is 0 Å². The molecule has 0 saturated heterocycles. The number of fused-ring (bicyclic) bond motifs is 6. The van der Waals surface area contributed by atoms with Crippen LogP contribution in [0, 0.1) is 23.2 Å². The summed E-state index contributed by atoms with van der Waals surface area (Å²) in [5, 5.41) is 10.6. The van der Waals surface area contributed by atoms with Crippen molar-refractivity contribution in [3.8, 4) is 5.75 Å². The third kappa shape index (κ3) is 3.33. The van der Waals surface area contributed by atoms with E-state index in [1.54, 1.807) is 5.56 Å². The molecule has 2 fully saturated rings. The molecule has 2 aromatic carbocycles. The van der Waals surface area contributed by atoms with Crippen molar-refractivity contribution >= 4 is 0 Å². The molecule has 164 valence electrons. The standard InChI is InChI=1S/C29H36O2/c1-29-15-14-25-24-11-9-23(17-22(24)8-10-26(25)27(29)12-13-28(29)30)31-18-19-6-7-20-4-2-3-5-21(20)16-19/h2-5,9,11,17,19,25-28,30H,6-8,10,12-16,18H2,1H3/t19?,25-,26-,27+,28+,29+/m1/s1. The summed E-state index contributed by atoms with van der Waals surface area (Å²) in [6.45, 7) is 3.19. The molecule has 0 radical (unpaired) electrons. The van der Waals surface area contributed by atoms with Gasteiger partial charge < -0.3 is 9.84 Å². The summed E-state index contributed by atoms with van der Waals surface area (Å²) < 4.78 is 6.33. The first-order chi connectivity index (χ1) is 15.1. The van der Waals surface area contributed by atoms with Gasteiger partial charge in [0, 0.05) is 0 Å². The molecule has 0 bridgehead atoms. The van der Waals surface area contributed by atoms with Gasteiger partial charge in [0.25, 0.3) is 0 Å². The maximum absolute atomic E-state index is 10.6. The number of hydrogen-bond donors (Lipinski definition) is 1. The molecule has 0 heterocycles. The number of aliphatic hydroxyl groups excluding tert-OH is 1. The summed E-state index contributed by atoms with van der Waals surface area (Å²) in [5.74, 6) is 3.85. The summed E-state index contributed by atoms with van der Waals surface area (Å²) in [7, 11) is 0. The van der Waals surface area contributed by atoms with Gasteiger partial charge in [-0.05, 0) is 121 Å². The molecule has 1 unspecified atom stereocenters. The lowest BCUT2D eigenvalue weighted by atomic mass is 9.55. The van der Waals surface area contributed by atoms with Gasteiger partial charge in [0.1, 0.15) is 5.75 Å². The van der Waals surface area contributed by atoms with E-state index in [1.807, 2.05) is 0 Å². The minimum absolute atomic E-state index is 0.0811. The minimum Gasteiger partial charge on any atom is -0.493 e.